The molecule has 36 heavy (non-hydrogen) atoms. The second-order valence-electron chi connectivity index (χ2n) is 8.58. The number of amides is 2. The molecule has 4 aromatic rings. The smallest absolute Gasteiger partial charge is 0.274 e. The number of nitrogens with zero attached hydrogens (tertiary/aromatic N) is 4. The number of rotatable bonds is 7. The van der Waals surface area contributed by atoms with Crippen molar-refractivity contribution >= 4 is 46.2 Å². The van der Waals surface area contributed by atoms with Gasteiger partial charge in [-0.3, -0.25) is 15.0 Å². The summed E-state index contributed by atoms with van der Waals surface area (Å²) >= 11 is 7.44. The Balaban J connectivity index is 1.21. The highest BCUT2D eigenvalue weighted by Gasteiger charge is 2.34. The Bertz CT molecular complexity index is 1450. The number of hydrogen-bond acceptors (Lipinski definition) is 6. The maximum absolute atomic E-state index is 13.3. The van der Waals surface area contributed by atoms with Gasteiger partial charge in [0.25, 0.3) is 11.8 Å². The molecule has 4 N–H and O–H groups in total. The Hall–Kier alpha value is -3.76. The molecule has 0 saturated carbocycles. The fraction of sp³-hybridized carbons (Fsp3) is 0.240. The second kappa shape index (κ2) is 10.1. The van der Waals surface area contributed by atoms with E-state index in [0.29, 0.717) is 47.1 Å². The Kier molecular flexibility index (Phi) is 6.71. The molecule has 184 valence electrons. The quantitative estimate of drug-likeness (QED) is 0.252. The third kappa shape index (κ3) is 4.95. The third-order valence-corrected chi connectivity index (χ3v) is 7.32. The standard InChI is InChI=1S/C25H24ClN7O2S/c26-17-7-8-21-30-18(13-32(21)12-17)25(35)33-11-1-2-20(33)24-31-19(14-36-24)23(34)29-10-9-15-3-5-16(6-4-15)22(27)28/h3-8,12-14,20H,1-2,9-11H2,(H3,27,28)(H,29,34). The first kappa shape index (κ1) is 24.0. The van der Waals surface area contributed by atoms with Crippen molar-refractivity contribution in [1.29, 1.82) is 5.41 Å². The molecule has 2 amide bonds. The van der Waals surface area contributed by atoms with E-state index in [1.165, 1.54) is 11.3 Å². The SMILES string of the molecule is N=C(N)c1ccc(CCNC(=O)c2csc(C3CCCN3C(=O)c3cn4cc(Cl)ccc4n3)n2)cc1. The van der Waals surface area contributed by atoms with Gasteiger partial charge in [0.05, 0.1) is 11.1 Å². The highest BCUT2D eigenvalue weighted by atomic mass is 35.5. The topological polar surface area (TPSA) is 129 Å². The Morgan fingerprint density at radius 2 is 1.94 bits per heavy atom. The summed E-state index contributed by atoms with van der Waals surface area (Å²) in [5, 5.41) is 13.4. The van der Waals surface area contributed by atoms with Crippen LogP contribution in [0, 0.1) is 5.41 Å². The van der Waals surface area contributed by atoms with Crippen LogP contribution in [0.5, 0.6) is 0 Å². The maximum atomic E-state index is 13.3. The molecule has 4 heterocycles. The molecule has 9 nitrogen and oxygen atoms in total. The van der Waals surface area contributed by atoms with Gasteiger partial charge in [0, 0.05) is 36.4 Å². The number of imidazole rings is 1. The van der Waals surface area contributed by atoms with Crippen LogP contribution in [0.1, 0.15) is 56.0 Å². The lowest BCUT2D eigenvalue weighted by molar-refractivity contribution is 0.0730. The number of amidine groups is 1. The van der Waals surface area contributed by atoms with Crippen molar-refractivity contribution in [1.82, 2.24) is 24.6 Å². The summed E-state index contributed by atoms with van der Waals surface area (Å²) in [4.78, 5) is 36.7. The van der Waals surface area contributed by atoms with E-state index >= 15 is 0 Å². The van der Waals surface area contributed by atoms with Gasteiger partial charge in [-0.1, -0.05) is 35.9 Å². The number of carbonyl (C=O) groups excluding carboxylic acids is 2. The van der Waals surface area contributed by atoms with Crippen LogP contribution >= 0.6 is 22.9 Å². The first-order valence-electron chi connectivity index (χ1n) is 11.5. The molecule has 1 aliphatic heterocycles. The number of nitrogens with two attached hydrogens (primary N) is 1. The number of likely N-dealkylation sites (tertiary alicyclic amines) is 1. The minimum absolute atomic E-state index is 0.0278. The van der Waals surface area contributed by atoms with Gasteiger partial charge < -0.3 is 20.4 Å². The molecule has 1 unspecified atom stereocenters. The molecule has 0 bridgehead atoms. The molecule has 1 saturated heterocycles. The first-order valence-corrected chi connectivity index (χ1v) is 12.8. The second-order valence-corrected chi connectivity index (χ2v) is 9.91. The molecule has 1 aliphatic rings. The third-order valence-electron chi connectivity index (χ3n) is 6.15. The fourth-order valence-corrected chi connectivity index (χ4v) is 5.40. The van der Waals surface area contributed by atoms with E-state index in [2.05, 4.69) is 15.3 Å². The van der Waals surface area contributed by atoms with Crippen molar-refractivity contribution in [3.05, 3.63) is 86.7 Å². The first-order chi connectivity index (χ1) is 17.4. The van der Waals surface area contributed by atoms with E-state index < -0.39 is 0 Å². The Morgan fingerprint density at radius 1 is 1.14 bits per heavy atom. The van der Waals surface area contributed by atoms with E-state index in [1.807, 2.05) is 12.1 Å². The monoisotopic (exact) mass is 521 g/mol. The van der Waals surface area contributed by atoms with Crippen molar-refractivity contribution in [2.45, 2.75) is 25.3 Å². The molecule has 1 atom stereocenters. The van der Waals surface area contributed by atoms with E-state index in [9.17, 15) is 9.59 Å². The van der Waals surface area contributed by atoms with Gasteiger partial charge in [-0.25, -0.2) is 9.97 Å². The van der Waals surface area contributed by atoms with Crippen molar-refractivity contribution < 1.29 is 9.59 Å². The van der Waals surface area contributed by atoms with Crippen molar-refractivity contribution in [2.24, 2.45) is 5.73 Å². The van der Waals surface area contributed by atoms with Crippen LogP contribution in [0.2, 0.25) is 5.02 Å². The molecule has 1 fully saturated rings. The number of pyridine rings is 1. The Morgan fingerprint density at radius 3 is 2.72 bits per heavy atom. The summed E-state index contributed by atoms with van der Waals surface area (Å²) in [5.74, 6) is -0.375. The van der Waals surface area contributed by atoms with E-state index in [1.54, 1.807) is 51.3 Å². The number of carbonyl (C=O) groups is 2. The van der Waals surface area contributed by atoms with Gasteiger partial charge in [0.1, 0.15) is 27.9 Å². The molecule has 3 aromatic heterocycles. The Labute approximate surface area is 216 Å². The molecular weight excluding hydrogens is 498 g/mol. The lowest BCUT2D eigenvalue weighted by atomic mass is 10.1. The van der Waals surface area contributed by atoms with Crippen molar-refractivity contribution in [3.63, 3.8) is 0 Å². The average Bonchev–Trinajstić information content (AvgIpc) is 3.62. The van der Waals surface area contributed by atoms with Crippen LogP contribution in [-0.4, -0.2) is 50.0 Å². The highest BCUT2D eigenvalue weighted by Crippen LogP contribution is 2.34. The molecular formula is C25H24ClN7O2S. The number of aromatic nitrogens is 3. The lowest BCUT2D eigenvalue weighted by Crippen LogP contribution is -2.31. The molecule has 0 spiro atoms. The van der Waals surface area contributed by atoms with Crippen LogP contribution in [0.3, 0.4) is 0 Å². The molecule has 5 rings (SSSR count). The maximum Gasteiger partial charge on any atom is 0.274 e. The van der Waals surface area contributed by atoms with E-state index in [0.717, 1.165) is 23.4 Å². The van der Waals surface area contributed by atoms with E-state index in [-0.39, 0.29) is 23.7 Å². The molecule has 1 aromatic carbocycles. The zero-order chi connectivity index (χ0) is 25.2. The largest absolute Gasteiger partial charge is 0.384 e. The predicted molar refractivity (Wildman–Crippen MR) is 139 cm³/mol. The fourth-order valence-electron chi connectivity index (χ4n) is 4.29. The van der Waals surface area contributed by atoms with Crippen LogP contribution in [0.25, 0.3) is 5.65 Å². The van der Waals surface area contributed by atoms with Gasteiger partial charge >= 0.3 is 0 Å². The summed E-state index contributed by atoms with van der Waals surface area (Å²) in [7, 11) is 0. The minimum Gasteiger partial charge on any atom is -0.384 e. The number of benzene rings is 1. The summed E-state index contributed by atoms with van der Waals surface area (Å²) in [6, 6.07) is 10.7. The molecule has 11 heteroatoms. The van der Waals surface area contributed by atoms with Crippen molar-refractivity contribution in [2.75, 3.05) is 13.1 Å². The van der Waals surface area contributed by atoms with Gasteiger partial charge in [-0.15, -0.1) is 11.3 Å². The van der Waals surface area contributed by atoms with Crippen LogP contribution in [0.4, 0.5) is 0 Å². The average molecular weight is 522 g/mol. The van der Waals surface area contributed by atoms with Crippen LogP contribution in [0.15, 0.2) is 54.2 Å². The number of thiazole rings is 1. The number of nitrogens with one attached hydrogen (secondary N) is 2. The summed E-state index contributed by atoms with van der Waals surface area (Å²) in [6.07, 6.45) is 5.70. The number of nitrogen functional groups attached to an aromatic ring is 1. The van der Waals surface area contributed by atoms with Gasteiger partial charge in [0.2, 0.25) is 0 Å². The van der Waals surface area contributed by atoms with E-state index in [4.69, 9.17) is 22.7 Å². The van der Waals surface area contributed by atoms with Gasteiger partial charge in [-0.2, -0.15) is 0 Å². The number of hydrogen-bond donors (Lipinski definition) is 3. The minimum atomic E-state index is -0.244. The number of fused-ring (bicyclic) bond motifs is 1. The zero-order valence-corrected chi connectivity index (χ0v) is 20.9. The molecule has 0 radical (unpaired) electrons. The summed E-state index contributed by atoms with van der Waals surface area (Å²) < 4.78 is 1.74. The summed E-state index contributed by atoms with van der Waals surface area (Å²) in [5.41, 5.74) is 8.55. The van der Waals surface area contributed by atoms with Crippen LogP contribution in [-0.2, 0) is 6.42 Å². The predicted octanol–water partition coefficient (Wildman–Crippen LogP) is 3.68. The van der Waals surface area contributed by atoms with Gasteiger partial charge in [0.15, 0.2) is 0 Å². The molecule has 0 aliphatic carbocycles. The lowest BCUT2D eigenvalue weighted by Gasteiger charge is -2.22. The number of halogens is 1. The van der Waals surface area contributed by atoms with Crippen LogP contribution < -0.4 is 11.1 Å². The highest BCUT2D eigenvalue weighted by molar-refractivity contribution is 7.09. The van der Waals surface area contributed by atoms with Gasteiger partial charge in [-0.05, 0) is 37.0 Å². The summed E-state index contributed by atoms with van der Waals surface area (Å²) in [6.45, 7) is 1.07. The zero-order valence-electron chi connectivity index (χ0n) is 19.3. The van der Waals surface area contributed by atoms with Crippen molar-refractivity contribution in [3.8, 4) is 0 Å². The normalized spacial score (nSPS) is 15.4.